The van der Waals surface area contributed by atoms with Gasteiger partial charge in [-0.3, -0.25) is 0 Å². The normalized spacial score (nSPS) is 24.0. The smallest absolute Gasteiger partial charge is 0.336 e. The molecule has 1 atom stereocenters. The Balaban J connectivity index is 2.40. The molecule has 0 spiro atoms. The maximum absolute atomic E-state index is 12.0. The molecular weight excluding hydrogens is 126 g/mol. The molecule has 54 valence electrons. The van der Waals surface area contributed by atoms with E-state index in [0.717, 1.165) is 12.8 Å². The van der Waals surface area contributed by atoms with E-state index in [1.807, 2.05) is 0 Å². The van der Waals surface area contributed by atoms with Crippen LogP contribution in [-0.2, 0) is 0 Å². The van der Waals surface area contributed by atoms with Crippen LogP contribution in [-0.4, -0.2) is 11.2 Å². The predicted octanol–water partition coefficient (Wildman–Crippen LogP) is 1.62. The molecule has 0 radical (unpaired) electrons. The van der Waals surface area contributed by atoms with Crippen molar-refractivity contribution in [2.75, 3.05) is 0 Å². The van der Waals surface area contributed by atoms with Crippen molar-refractivity contribution >= 4 is 0 Å². The largest absolute Gasteiger partial charge is 0.356 e. The monoisotopic (exact) mass is 136 g/mol. The van der Waals surface area contributed by atoms with Gasteiger partial charge in [0.15, 0.2) is 0 Å². The van der Waals surface area contributed by atoms with Crippen molar-refractivity contribution in [2.45, 2.75) is 25.9 Å². The van der Waals surface area contributed by atoms with Crippen LogP contribution in [0.1, 0.15) is 19.8 Å². The third-order valence-corrected chi connectivity index (χ3v) is 1.88. The van der Waals surface area contributed by atoms with Gasteiger partial charge in [-0.1, -0.05) is 6.92 Å². The molecule has 1 nitrogen and oxygen atoms in total. The minimum atomic E-state index is -3.46. The molecule has 3 heteroatoms. The van der Waals surface area contributed by atoms with Crippen molar-refractivity contribution in [3.63, 3.8) is 0 Å². The summed E-state index contributed by atoms with van der Waals surface area (Å²) in [4.78, 5) is 0. The molecule has 1 saturated carbocycles. The minimum Gasteiger partial charge on any atom is -0.336 e. The van der Waals surface area contributed by atoms with E-state index in [0.29, 0.717) is 0 Å². The molecule has 0 amide bonds. The zero-order chi connectivity index (χ0) is 7.07. The highest BCUT2D eigenvalue weighted by molar-refractivity contribution is 4.82. The fourth-order valence-electron chi connectivity index (χ4n) is 0.880. The maximum atomic E-state index is 12.0. The van der Waals surface area contributed by atoms with Crippen molar-refractivity contribution in [3.05, 3.63) is 0 Å². The molecule has 0 heterocycles. The van der Waals surface area contributed by atoms with E-state index in [1.54, 1.807) is 0 Å². The molecule has 0 saturated heterocycles. The summed E-state index contributed by atoms with van der Waals surface area (Å²) in [6.45, 7) is 1.39. The Morgan fingerprint density at radius 1 is 1.56 bits per heavy atom. The van der Waals surface area contributed by atoms with Crippen molar-refractivity contribution in [2.24, 2.45) is 11.8 Å². The van der Waals surface area contributed by atoms with Crippen LogP contribution in [0, 0.1) is 11.8 Å². The van der Waals surface area contributed by atoms with Gasteiger partial charge in [0.1, 0.15) is 0 Å². The van der Waals surface area contributed by atoms with Gasteiger partial charge in [-0.2, -0.15) is 8.78 Å². The van der Waals surface area contributed by atoms with Crippen LogP contribution in [0.2, 0.25) is 0 Å². The van der Waals surface area contributed by atoms with Gasteiger partial charge in [-0.25, -0.2) is 0 Å². The Labute approximate surface area is 52.7 Å². The zero-order valence-corrected chi connectivity index (χ0v) is 5.27. The molecule has 0 aromatic heterocycles. The van der Waals surface area contributed by atoms with Crippen molar-refractivity contribution in [1.82, 2.24) is 0 Å². The number of rotatable bonds is 2. The summed E-state index contributed by atoms with van der Waals surface area (Å²) in [5.41, 5.74) is 0. The van der Waals surface area contributed by atoms with E-state index in [2.05, 4.69) is 0 Å². The van der Waals surface area contributed by atoms with E-state index in [-0.39, 0.29) is 5.92 Å². The molecule has 1 N–H and O–H groups in total. The molecule has 1 rings (SSSR count). The Morgan fingerprint density at radius 3 is 2.11 bits per heavy atom. The van der Waals surface area contributed by atoms with Crippen LogP contribution < -0.4 is 0 Å². The van der Waals surface area contributed by atoms with Crippen molar-refractivity contribution in [1.29, 1.82) is 0 Å². The highest BCUT2D eigenvalue weighted by atomic mass is 19.3. The predicted molar refractivity (Wildman–Crippen MR) is 29.1 cm³/mol. The fraction of sp³-hybridized carbons (Fsp3) is 1.00. The van der Waals surface area contributed by atoms with Gasteiger partial charge in [0, 0.05) is 0 Å². The highest BCUT2D eigenvalue weighted by Crippen LogP contribution is 2.42. The molecule has 0 aromatic carbocycles. The second-order valence-corrected chi connectivity index (χ2v) is 2.71. The number of hydrogen-bond donors (Lipinski definition) is 1. The molecule has 1 aliphatic rings. The lowest BCUT2D eigenvalue weighted by atomic mass is 10.1. The Kier molecular flexibility index (Phi) is 1.47. The third kappa shape index (κ3) is 1.61. The van der Waals surface area contributed by atoms with E-state index in [1.165, 1.54) is 6.92 Å². The molecule has 1 fully saturated rings. The van der Waals surface area contributed by atoms with Crippen LogP contribution in [0.5, 0.6) is 0 Å². The van der Waals surface area contributed by atoms with E-state index >= 15 is 0 Å². The van der Waals surface area contributed by atoms with Gasteiger partial charge >= 0.3 is 6.11 Å². The zero-order valence-electron chi connectivity index (χ0n) is 5.27. The quantitative estimate of drug-likeness (QED) is 0.611. The van der Waals surface area contributed by atoms with Crippen molar-refractivity contribution < 1.29 is 13.9 Å². The van der Waals surface area contributed by atoms with Crippen LogP contribution in [0.15, 0.2) is 0 Å². The Morgan fingerprint density at radius 2 is 2.00 bits per heavy atom. The summed E-state index contributed by atoms with van der Waals surface area (Å²) < 4.78 is 23.9. The average molecular weight is 136 g/mol. The SMILES string of the molecule is CC(C1CC1)C(O)(F)F. The van der Waals surface area contributed by atoms with Gasteiger partial charge in [-0.15, -0.1) is 0 Å². The number of hydrogen-bond acceptors (Lipinski definition) is 1. The first kappa shape index (κ1) is 6.93. The van der Waals surface area contributed by atoms with E-state index < -0.39 is 12.0 Å². The Hall–Kier alpha value is -0.180. The van der Waals surface area contributed by atoms with Gasteiger partial charge in [0.05, 0.1) is 5.92 Å². The molecule has 1 aliphatic carbocycles. The summed E-state index contributed by atoms with van der Waals surface area (Å²) >= 11 is 0. The molecule has 0 aliphatic heterocycles. The van der Waals surface area contributed by atoms with Crippen LogP contribution >= 0.6 is 0 Å². The molecule has 1 unspecified atom stereocenters. The third-order valence-electron chi connectivity index (χ3n) is 1.88. The molecule has 9 heavy (non-hydrogen) atoms. The molecular formula is C6H10F2O. The van der Waals surface area contributed by atoms with Gasteiger partial charge in [-0.05, 0) is 18.8 Å². The second-order valence-electron chi connectivity index (χ2n) is 2.71. The summed E-state index contributed by atoms with van der Waals surface area (Å²) in [6.07, 6.45) is -1.77. The Bertz CT molecular complexity index is 104. The summed E-state index contributed by atoms with van der Waals surface area (Å²) in [6, 6.07) is 0. The van der Waals surface area contributed by atoms with Gasteiger partial charge in [0.2, 0.25) is 0 Å². The van der Waals surface area contributed by atoms with Crippen LogP contribution in [0.3, 0.4) is 0 Å². The van der Waals surface area contributed by atoms with E-state index in [4.69, 9.17) is 5.11 Å². The number of halogens is 2. The number of aliphatic hydroxyl groups is 1. The lowest BCUT2D eigenvalue weighted by molar-refractivity contribution is -0.237. The van der Waals surface area contributed by atoms with Gasteiger partial charge < -0.3 is 5.11 Å². The first-order valence-electron chi connectivity index (χ1n) is 3.12. The molecule has 0 aromatic rings. The lowest BCUT2D eigenvalue weighted by Gasteiger charge is -2.15. The maximum Gasteiger partial charge on any atom is 0.356 e. The van der Waals surface area contributed by atoms with E-state index in [9.17, 15) is 8.78 Å². The first-order valence-corrected chi connectivity index (χ1v) is 3.12. The first-order chi connectivity index (χ1) is 4.02. The van der Waals surface area contributed by atoms with Crippen LogP contribution in [0.4, 0.5) is 8.78 Å². The number of alkyl halides is 2. The fourth-order valence-corrected chi connectivity index (χ4v) is 0.880. The summed E-state index contributed by atoms with van der Waals surface area (Å²) in [5, 5.41) is 8.16. The topological polar surface area (TPSA) is 20.2 Å². The second kappa shape index (κ2) is 1.90. The summed E-state index contributed by atoms with van der Waals surface area (Å²) in [5.74, 6) is -0.789. The van der Waals surface area contributed by atoms with Gasteiger partial charge in [0.25, 0.3) is 0 Å². The summed E-state index contributed by atoms with van der Waals surface area (Å²) in [7, 11) is 0. The van der Waals surface area contributed by atoms with Crippen molar-refractivity contribution in [3.8, 4) is 0 Å². The lowest BCUT2D eigenvalue weighted by Crippen LogP contribution is -2.26. The standard InChI is InChI=1S/C6H10F2O/c1-4(5-2-3-5)6(7,8)9/h4-5,9H,2-3H2,1H3. The molecule has 0 bridgehead atoms. The van der Waals surface area contributed by atoms with Crippen LogP contribution in [0.25, 0.3) is 0 Å². The highest BCUT2D eigenvalue weighted by Gasteiger charge is 2.43. The average Bonchev–Trinajstić information content (AvgIpc) is 2.40. The minimum absolute atomic E-state index is 0.0602.